The summed E-state index contributed by atoms with van der Waals surface area (Å²) in [5.41, 5.74) is 1.29. The maximum absolute atomic E-state index is 13.5. The zero-order valence-corrected chi connectivity index (χ0v) is 18.8. The second-order valence-electron chi connectivity index (χ2n) is 10.2. The molecule has 4 heterocycles. The minimum absolute atomic E-state index is 0.107. The van der Waals surface area contributed by atoms with Gasteiger partial charge in [0.15, 0.2) is 11.3 Å². The van der Waals surface area contributed by atoms with Crippen molar-refractivity contribution < 1.29 is 5.11 Å². The van der Waals surface area contributed by atoms with Crippen LogP contribution in [0.25, 0.3) is 16.8 Å². The summed E-state index contributed by atoms with van der Waals surface area (Å²) in [6, 6.07) is 1.71. The lowest BCUT2D eigenvalue weighted by Crippen LogP contribution is -2.61. The number of nitrogens with one attached hydrogen (secondary N) is 1. The highest BCUT2D eigenvalue weighted by atomic mass is 35.5. The van der Waals surface area contributed by atoms with Crippen LogP contribution >= 0.6 is 11.6 Å². The number of imidazole rings is 1. The van der Waals surface area contributed by atoms with Gasteiger partial charge in [-0.05, 0) is 50.4 Å². The maximum atomic E-state index is 13.5. The molecule has 2 atom stereocenters. The van der Waals surface area contributed by atoms with Gasteiger partial charge in [-0.15, -0.1) is 0 Å². The second kappa shape index (κ2) is 6.32. The van der Waals surface area contributed by atoms with Crippen LogP contribution in [0, 0.1) is 11.8 Å². The minimum atomic E-state index is -0.680. The fourth-order valence-electron chi connectivity index (χ4n) is 7.08. The van der Waals surface area contributed by atoms with E-state index in [1.165, 1.54) is 6.33 Å². The van der Waals surface area contributed by atoms with Crippen molar-refractivity contribution >= 4 is 40.0 Å². The summed E-state index contributed by atoms with van der Waals surface area (Å²) >= 11 is 6.43. The first-order valence-corrected chi connectivity index (χ1v) is 11.6. The van der Waals surface area contributed by atoms with Crippen LogP contribution in [0.3, 0.4) is 0 Å². The van der Waals surface area contributed by atoms with E-state index in [9.17, 15) is 9.90 Å². The van der Waals surface area contributed by atoms with Gasteiger partial charge in [0.2, 0.25) is 5.95 Å². The summed E-state index contributed by atoms with van der Waals surface area (Å²) in [6.07, 6.45) is 10.1. The molecule has 4 saturated carbocycles. The number of aryl methyl sites for hydroxylation is 1. The Kier molecular flexibility index (Phi) is 3.73. The molecule has 11 heteroatoms. The fourth-order valence-corrected chi connectivity index (χ4v) is 7.27. The molecule has 4 aromatic heterocycles. The van der Waals surface area contributed by atoms with Crippen molar-refractivity contribution in [2.75, 3.05) is 5.32 Å². The van der Waals surface area contributed by atoms with E-state index in [0.717, 1.165) is 32.1 Å². The molecule has 2 N–H and O–H groups in total. The third kappa shape index (κ3) is 2.73. The van der Waals surface area contributed by atoms with E-state index in [4.69, 9.17) is 16.6 Å². The molecule has 4 aliphatic carbocycles. The Hall–Kier alpha value is -2.98. The van der Waals surface area contributed by atoms with Gasteiger partial charge in [0.1, 0.15) is 11.8 Å². The van der Waals surface area contributed by atoms with Crippen LogP contribution < -0.4 is 11.0 Å². The predicted octanol–water partition coefficient (Wildman–Crippen LogP) is 2.61. The van der Waals surface area contributed by atoms with Crippen molar-refractivity contribution in [3.63, 3.8) is 0 Å². The van der Waals surface area contributed by atoms with Crippen molar-refractivity contribution in [3.05, 3.63) is 40.3 Å². The first-order chi connectivity index (χ1) is 15.8. The van der Waals surface area contributed by atoms with Gasteiger partial charge in [0, 0.05) is 13.1 Å². The van der Waals surface area contributed by atoms with E-state index in [1.807, 2.05) is 4.57 Å². The van der Waals surface area contributed by atoms with Crippen molar-refractivity contribution in [1.82, 2.24) is 33.7 Å². The third-order valence-electron chi connectivity index (χ3n) is 7.89. The van der Waals surface area contributed by atoms with E-state index in [0.29, 0.717) is 51.7 Å². The van der Waals surface area contributed by atoms with Gasteiger partial charge in [-0.1, -0.05) is 11.6 Å². The summed E-state index contributed by atoms with van der Waals surface area (Å²) in [7, 11) is 1.75. The summed E-state index contributed by atoms with van der Waals surface area (Å²) in [5, 5.41) is 19.0. The van der Waals surface area contributed by atoms with Gasteiger partial charge in [0.05, 0.1) is 34.2 Å². The van der Waals surface area contributed by atoms with E-state index in [1.54, 1.807) is 34.6 Å². The topological polar surface area (TPSA) is 115 Å². The molecule has 0 spiro atoms. The van der Waals surface area contributed by atoms with Crippen LogP contribution in [0.2, 0.25) is 5.02 Å². The SMILES string of the molecule is Cn1c(=O)n(C23CC4CC(CC(O)(C4)C2)C3)c2nc(Nc3cn4ncnc4cc3Cl)ncc21. The average molecular weight is 467 g/mol. The fraction of sp³-hybridized carbons (Fsp3) is 0.500. The molecular formula is C22H23ClN8O2. The highest BCUT2D eigenvalue weighted by molar-refractivity contribution is 6.33. The van der Waals surface area contributed by atoms with Gasteiger partial charge in [-0.2, -0.15) is 10.1 Å². The van der Waals surface area contributed by atoms with Gasteiger partial charge in [0.25, 0.3) is 0 Å². The molecule has 4 aromatic rings. The van der Waals surface area contributed by atoms with Crippen molar-refractivity contribution in [1.29, 1.82) is 0 Å². The Morgan fingerprint density at radius 3 is 2.76 bits per heavy atom. The monoisotopic (exact) mass is 466 g/mol. The minimum Gasteiger partial charge on any atom is -0.390 e. The normalized spacial score (nSPS) is 30.5. The summed E-state index contributed by atoms with van der Waals surface area (Å²) < 4.78 is 5.07. The van der Waals surface area contributed by atoms with Crippen LogP contribution in [0.15, 0.2) is 29.6 Å². The van der Waals surface area contributed by atoms with Crippen LogP contribution in [-0.2, 0) is 12.6 Å². The Labute approximate surface area is 193 Å². The number of anilines is 2. The molecular weight excluding hydrogens is 444 g/mol. The number of halogens is 1. The standard InChI is InChI=1S/C22H23ClN8O2/c1-29-16-8-24-19(27-15-9-30-17(3-14(15)23)25-11-26-30)28-18(16)31(20(29)32)21-4-12-2-13(5-21)7-22(33,6-12)10-21/h3,8-9,11-13,33H,2,4-7,10H2,1H3,(H,24,27,28). The van der Waals surface area contributed by atoms with E-state index >= 15 is 0 Å². The first-order valence-electron chi connectivity index (χ1n) is 11.3. The van der Waals surface area contributed by atoms with Gasteiger partial charge in [-0.25, -0.2) is 19.3 Å². The predicted molar refractivity (Wildman–Crippen MR) is 122 cm³/mol. The number of rotatable bonds is 3. The molecule has 10 nitrogen and oxygen atoms in total. The lowest BCUT2D eigenvalue weighted by molar-refractivity contribution is -0.156. The molecule has 170 valence electrons. The first kappa shape index (κ1) is 19.5. The van der Waals surface area contributed by atoms with E-state index < -0.39 is 11.1 Å². The molecule has 4 aliphatic rings. The quantitative estimate of drug-likeness (QED) is 0.476. The second-order valence-corrected chi connectivity index (χ2v) is 10.6. The number of pyridine rings is 1. The smallest absolute Gasteiger partial charge is 0.330 e. The summed E-state index contributed by atoms with van der Waals surface area (Å²) in [6.45, 7) is 0. The highest BCUT2D eigenvalue weighted by Crippen LogP contribution is 2.60. The van der Waals surface area contributed by atoms with Crippen molar-refractivity contribution in [3.8, 4) is 0 Å². The largest absolute Gasteiger partial charge is 0.390 e. The third-order valence-corrected chi connectivity index (χ3v) is 8.20. The molecule has 0 radical (unpaired) electrons. The molecule has 8 rings (SSSR count). The Morgan fingerprint density at radius 2 is 2.00 bits per heavy atom. The Bertz CT molecular complexity index is 1490. The summed E-state index contributed by atoms with van der Waals surface area (Å²) in [5.74, 6) is 1.24. The maximum Gasteiger partial charge on any atom is 0.330 e. The van der Waals surface area contributed by atoms with Crippen LogP contribution in [-0.4, -0.2) is 44.4 Å². The van der Waals surface area contributed by atoms with Gasteiger partial charge in [-0.3, -0.25) is 9.13 Å². The van der Waals surface area contributed by atoms with Gasteiger partial charge < -0.3 is 10.4 Å². The number of hydrogen-bond acceptors (Lipinski definition) is 7. The molecule has 0 aliphatic heterocycles. The molecule has 4 fully saturated rings. The molecule has 0 aromatic carbocycles. The van der Waals surface area contributed by atoms with Crippen LogP contribution in [0.4, 0.5) is 11.6 Å². The van der Waals surface area contributed by atoms with Crippen LogP contribution in [0.1, 0.15) is 38.5 Å². The zero-order valence-electron chi connectivity index (χ0n) is 18.1. The number of fused-ring (bicyclic) bond motifs is 2. The molecule has 33 heavy (non-hydrogen) atoms. The highest BCUT2D eigenvalue weighted by Gasteiger charge is 2.59. The number of aliphatic hydroxyl groups is 1. The van der Waals surface area contributed by atoms with Crippen LogP contribution in [0.5, 0.6) is 0 Å². The lowest BCUT2D eigenvalue weighted by atomic mass is 9.51. The van der Waals surface area contributed by atoms with Crippen molar-refractivity contribution in [2.24, 2.45) is 18.9 Å². The number of nitrogens with zero attached hydrogens (tertiary/aromatic N) is 7. The lowest BCUT2D eigenvalue weighted by Gasteiger charge is -2.60. The Balaban J connectivity index is 1.36. The average Bonchev–Trinajstić information content (AvgIpc) is 3.28. The molecule has 0 amide bonds. The van der Waals surface area contributed by atoms with Gasteiger partial charge >= 0.3 is 5.69 Å². The zero-order chi connectivity index (χ0) is 22.5. The summed E-state index contributed by atoms with van der Waals surface area (Å²) in [4.78, 5) is 26.8. The Morgan fingerprint density at radius 1 is 1.21 bits per heavy atom. The van der Waals surface area contributed by atoms with E-state index in [2.05, 4.69) is 20.4 Å². The van der Waals surface area contributed by atoms with Crippen molar-refractivity contribution in [2.45, 2.75) is 49.7 Å². The molecule has 2 unspecified atom stereocenters. The van der Waals surface area contributed by atoms with E-state index in [-0.39, 0.29) is 5.69 Å². The molecule has 0 saturated heterocycles. The molecule has 4 bridgehead atoms. The number of aromatic nitrogens is 7. The number of hydrogen-bond donors (Lipinski definition) is 2.